The van der Waals surface area contributed by atoms with Crippen LogP contribution in [0.15, 0.2) is 59.2 Å². The van der Waals surface area contributed by atoms with Gasteiger partial charge in [-0.1, -0.05) is 12.1 Å². The van der Waals surface area contributed by atoms with Gasteiger partial charge in [-0.25, -0.2) is 10.5 Å². The molecule has 2 aromatic carbocycles. The molecule has 0 unspecified atom stereocenters. The lowest BCUT2D eigenvalue weighted by atomic mass is 10.1. The first kappa shape index (κ1) is 22.0. The molecule has 0 saturated carbocycles. The molecule has 1 aliphatic rings. The molecule has 10 heteroatoms. The fourth-order valence-electron chi connectivity index (χ4n) is 3.29. The Bertz CT molecular complexity index is 1070. The lowest BCUT2D eigenvalue weighted by Crippen LogP contribution is -2.36. The molecule has 1 fully saturated rings. The predicted molar refractivity (Wildman–Crippen MR) is 127 cm³/mol. The van der Waals surface area contributed by atoms with Crippen molar-refractivity contribution in [1.82, 2.24) is 15.4 Å². The summed E-state index contributed by atoms with van der Waals surface area (Å²) in [5, 5.41) is 6.41. The summed E-state index contributed by atoms with van der Waals surface area (Å²) < 4.78 is 6.07. The van der Waals surface area contributed by atoms with Crippen LogP contribution in [0.5, 0.6) is 0 Å². The lowest BCUT2D eigenvalue weighted by Gasteiger charge is -2.28. The number of amides is 1. The molecule has 1 aromatic heterocycles. The third-order valence-corrected chi connectivity index (χ3v) is 5.44. The van der Waals surface area contributed by atoms with E-state index in [1.54, 1.807) is 24.4 Å². The molecule has 1 amide bonds. The van der Waals surface area contributed by atoms with Crippen molar-refractivity contribution in [1.29, 1.82) is 0 Å². The number of aromatic nitrogens is 2. The molecule has 0 bridgehead atoms. The van der Waals surface area contributed by atoms with Crippen molar-refractivity contribution in [3.8, 4) is 0 Å². The third-order valence-electron chi connectivity index (χ3n) is 4.86. The SMILES string of the molecule is CONC(=O)c1ccccc1Nc1nc(Nc2ccc(N3CCOCC3)cc2)ncc1Br. The van der Waals surface area contributed by atoms with E-state index in [-0.39, 0.29) is 5.91 Å². The first-order valence-corrected chi connectivity index (χ1v) is 10.8. The van der Waals surface area contributed by atoms with Gasteiger partial charge >= 0.3 is 0 Å². The molecule has 4 rings (SSSR count). The van der Waals surface area contributed by atoms with Crippen molar-refractivity contribution in [2.24, 2.45) is 0 Å². The Kier molecular flexibility index (Phi) is 7.15. The largest absolute Gasteiger partial charge is 0.378 e. The van der Waals surface area contributed by atoms with Gasteiger partial charge in [-0.3, -0.25) is 9.63 Å². The van der Waals surface area contributed by atoms with Crippen LogP contribution in [0.4, 0.5) is 28.8 Å². The fraction of sp³-hybridized carbons (Fsp3) is 0.227. The lowest BCUT2D eigenvalue weighted by molar-refractivity contribution is 0.0538. The van der Waals surface area contributed by atoms with Crippen molar-refractivity contribution in [3.63, 3.8) is 0 Å². The molecule has 0 atom stereocenters. The number of ether oxygens (including phenoxy) is 1. The number of nitrogens with zero attached hydrogens (tertiary/aromatic N) is 3. The van der Waals surface area contributed by atoms with Crippen LogP contribution < -0.4 is 21.0 Å². The molecule has 0 radical (unpaired) electrons. The van der Waals surface area contributed by atoms with Gasteiger partial charge in [0, 0.05) is 30.7 Å². The van der Waals surface area contributed by atoms with Crippen LogP contribution in [-0.2, 0) is 9.57 Å². The molecule has 1 saturated heterocycles. The quantitative estimate of drug-likeness (QED) is 0.422. The number of nitrogens with one attached hydrogen (secondary N) is 3. The maximum absolute atomic E-state index is 12.2. The highest BCUT2D eigenvalue weighted by molar-refractivity contribution is 9.10. The Morgan fingerprint density at radius 3 is 2.59 bits per heavy atom. The summed E-state index contributed by atoms with van der Waals surface area (Å²) in [6.07, 6.45) is 1.65. The fourth-order valence-corrected chi connectivity index (χ4v) is 3.58. The number of hydrogen-bond acceptors (Lipinski definition) is 8. The van der Waals surface area contributed by atoms with E-state index < -0.39 is 0 Å². The van der Waals surface area contributed by atoms with Crippen molar-refractivity contribution in [2.75, 3.05) is 48.9 Å². The van der Waals surface area contributed by atoms with Gasteiger partial charge in [-0.15, -0.1) is 0 Å². The van der Waals surface area contributed by atoms with Crippen molar-refractivity contribution < 1.29 is 14.4 Å². The highest BCUT2D eigenvalue weighted by Gasteiger charge is 2.14. The van der Waals surface area contributed by atoms with E-state index in [1.807, 2.05) is 18.2 Å². The Morgan fingerprint density at radius 1 is 1.09 bits per heavy atom. The van der Waals surface area contributed by atoms with Crippen molar-refractivity contribution in [2.45, 2.75) is 0 Å². The molecular formula is C22H23BrN6O3. The summed E-state index contributed by atoms with van der Waals surface area (Å²) >= 11 is 3.46. The Morgan fingerprint density at radius 2 is 1.84 bits per heavy atom. The molecule has 32 heavy (non-hydrogen) atoms. The normalized spacial score (nSPS) is 13.5. The minimum atomic E-state index is -0.362. The third kappa shape index (κ3) is 5.34. The molecule has 1 aliphatic heterocycles. The Hall–Kier alpha value is -3.21. The summed E-state index contributed by atoms with van der Waals surface area (Å²) in [4.78, 5) is 28.2. The van der Waals surface area contributed by atoms with E-state index in [1.165, 1.54) is 7.11 Å². The number of morpholine rings is 1. The molecule has 0 spiro atoms. The van der Waals surface area contributed by atoms with E-state index in [9.17, 15) is 4.79 Å². The molecular weight excluding hydrogens is 476 g/mol. The van der Waals surface area contributed by atoms with E-state index >= 15 is 0 Å². The first-order valence-electron chi connectivity index (χ1n) is 10.1. The molecule has 0 aliphatic carbocycles. The van der Waals surface area contributed by atoms with Gasteiger partial charge in [0.15, 0.2) is 0 Å². The summed E-state index contributed by atoms with van der Waals surface area (Å²) in [5.74, 6) is 0.582. The number of hydrogen-bond donors (Lipinski definition) is 3. The zero-order chi connectivity index (χ0) is 22.3. The average Bonchev–Trinajstić information content (AvgIpc) is 2.83. The summed E-state index contributed by atoms with van der Waals surface area (Å²) in [5.41, 5.74) is 5.37. The summed E-state index contributed by atoms with van der Waals surface area (Å²) in [6, 6.07) is 15.2. The number of para-hydroxylation sites is 1. The van der Waals surface area contributed by atoms with Crippen LogP contribution in [0, 0.1) is 0 Å². The van der Waals surface area contributed by atoms with Crippen LogP contribution in [-0.4, -0.2) is 49.3 Å². The molecule has 166 valence electrons. The van der Waals surface area contributed by atoms with E-state index in [0.29, 0.717) is 27.5 Å². The van der Waals surface area contributed by atoms with Gasteiger partial charge in [-0.05, 0) is 52.3 Å². The zero-order valence-corrected chi connectivity index (χ0v) is 19.1. The van der Waals surface area contributed by atoms with Gasteiger partial charge in [0.05, 0.1) is 36.0 Å². The summed E-state index contributed by atoms with van der Waals surface area (Å²) in [7, 11) is 1.39. The monoisotopic (exact) mass is 498 g/mol. The number of anilines is 5. The van der Waals surface area contributed by atoms with Crippen LogP contribution in [0.2, 0.25) is 0 Å². The van der Waals surface area contributed by atoms with Gasteiger partial charge in [0.2, 0.25) is 5.95 Å². The summed E-state index contributed by atoms with van der Waals surface area (Å²) in [6.45, 7) is 3.28. The molecule has 3 N–H and O–H groups in total. The van der Waals surface area contributed by atoms with Gasteiger partial charge in [0.25, 0.3) is 5.91 Å². The number of rotatable bonds is 7. The Labute approximate surface area is 194 Å². The zero-order valence-electron chi connectivity index (χ0n) is 17.5. The number of carbonyl (C=O) groups is 1. The molecule has 3 aromatic rings. The van der Waals surface area contributed by atoms with Crippen molar-refractivity contribution >= 4 is 50.7 Å². The molecule has 2 heterocycles. The van der Waals surface area contributed by atoms with Gasteiger partial charge in [0.1, 0.15) is 5.82 Å². The first-order chi connectivity index (χ1) is 15.6. The van der Waals surface area contributed by atoms with Crippen molar-refractivity contribution in [3.05, 3.63) is 64.8 Å². The number of halogens is 1. The van der Waals surface area contributed by atoms with Gasteiger partial charge in [-0.2, -0.15) is 4.98 Å². The highest BCUT2D eigenvalue weighted by atomic mass is 79.9. The molecule has 9 nitrogen and oxygen atoms in total. The van der Waals surface area contributed by atoms with Gasteiger partial charge < -0.3 is 20.3 Å². The van der Waals surface area contributed by atoms with Crippen LogP contribution in [0.25, 0.3) is 0 Å². The number of hydroxylamine groups is 1. The second-order valence-electron chi connectivity index (χ2n) is 6.97. The maximum atomic E-state index is 12.2. The highest BCUT2D eigenvalue weighted by Crippen LogP contribution is 2.27. The van der Waals surface area contributed by atoms with E-state index in [2.05, 4.69) is 59.0 Å². The van der Waals surface area contributed by atoms with E-state index in [4.69, 9.17) is 9.57 Å². The number of carbonyl (C=O) groups excluding carboxylic acids is 1. The second kappa shape index (κ2) is 10.4. The topological polar surface area (TPSA) is 101 Å². The van der Waals surface area contributed by atoms with Crippen LogP contribution in [0.1, 0.15) is 10.4 Å². The number of benzene rings is 2. The Balaban J connectivity index is 1.49. The predicted octanol–water partition coefficient (Wildman–Crippen LogP) is 3.85. The maximum Gasteiger partial charge on any atom is 0.276 e. The minimum absolute atomic E-state index is 0.362. The average molecular weight is 499 g/mol. The second-order valence-corrected chi connectivity index (χ2v) is 7.82. The van der Waals surface area contributed by atoms with Crippen LogP contribution in [0.3, 0.4) is 0 Å². The smallest absolute Gasteiger partial charge is 0.276 e. The minimum Gasteiger partial charge on any atom is -0.378 e. The van der Waals surface area contributed by atoms with E-state index in [0.717, 1.165) is 37.7 Å². The van der Waals surface area contributed by atoms with Crippen LogP contribution >= 0.6 is 15.9 Å². The standard InChI is InChI=1S/C22H23BrN6O3/c1-31-28-21(30)17-4-2-3-5-19(17)26-20-18(23)14-24-22(27-20)25-15-6-8-16(9-7-15)29-10-12-32-13-11-29/h2-9,14H,10-13H2,1H3,(H,28,30)(H2,24,25,26,27).